The lowest BCUT2D eigenvalue weighted by Crippen LogP contribution is -2.21. The molecule has 0 saturated carbocycles. The largest absolute Gasteiger partial charge is 0.493 e. The van der Waals surface area contributed by atoms with Crippen molar-refractivity contribution >= 4 is 11.5 Å². The summed E-state index contributed by atoms with van der Waals surface area (Å²) in [7, 11) is 0. The molecule has 0 bridgehead atoms. The van der Waals surface area contributed by atoms with Crippen molar-refractivity contribution < 1.29 is 27.4 Å². The second-order valence-electron chi connectivity index (χ2n) is 9.91. The fourth-order valence-corrected chi connectivity index (χ4v) is 3.17. The molecule has 1 rings (SSSR count). The number of alkyl halides is 3. The van der Waals surface area contributed by atoms with Crippen molar-refractivity contribution in [3.63, 3.8) is 0 Å². The molecule has 0 unspecified atom stereocenters. The summed E-state index contributed by atoms with van der Waals surface area (Å²) >= 11 is 0. The van der Waals surface area contributed by atoms with Crippen molar-refractivity contribution in [1.82, 2.24) is 0 Å². The number of carbonyl (C=O) groups is 1. The average Bonchev–Trinajstić information content (AvgIpc) is 2.63. The molecule has 1 aromatic rings. The van der Waals surface area contributed by atoms with Crippen molar-refractivity contribution in [2.45, 2.75) is 79.3 Å². The second-order valence-corrected chi connectivity index (χ2v) is 9.91. The minimum absolute atomic E-state index is 0.0124. The van der Waals surface area contributed by atoms with E-state index in [1.165, 1.54) is 18.2 Å². The predicted octanol–water partition coefficient (Wildman–Crippen LogP) is 7.69. The summed E-state index contributed by atoms with van der Waals surface area (Å²) < 4.78 is 53.5. The van der Waals surface area contributed by atoms with Gasteiger partial charge >= 0.3 is 12.1 Å². The fraction of sp³-hybridized carbons (Fsp3) is 0.519. The first-order valence-electron chi connectivity index (χ1n) is 11.1. The summed E-state index contributed by atoms with van der Waals surface area (Å²) in [5, 5.41) is 0. The van der Waals surface area contributed by atoms with E-state index in [1.807, 2.05) is 47.6 Å². The van der Waals surface area contributed by atoms with Gasteiger partial charge in [-0.15, -0.1) is 0 Å². The van der Waals surface area contributed by atoms with Gasteiger partial charge in [0.05, 0.1) is 18.8 Å². The van der Waals surface area contributed by atoms with Crippen molar-refractivity contribution in [2.75, 3.05) is 13.2 Å². The lowest BCUT2D eigenvalue weighted by atomic mass is 9.78. The molecule has 0 radical (unpaired) electrons. The summed E-state index contributed by atoms with van der Waals surface area (Å²) in [6.45, 7) is 17.3. The van der Waals surface area contributed by atoms with Crippen LogP contribution < -0.4 is 4.74 Å². The van der Waals surface area contributed by atoms with Gasteiger partial charge < -0.3 is 9.47 Å². The summed E-state index contributed by atoms with van der Waals surface area (Å²) in [6.07, 6.45) is 0.399. The minimum Gasteiger partial charge on any atom is -0.493 e. The molecule has 33 heavy (non-hydrogen) atoms. The van der Waals surface area contributed by atoms with E-state index in [4.69, 9.17) is 9.47 Å². The lowest BCUT2D eigenvalue weighted by molar-refractivity contribution is -0.137. The molecule has 0 heterocycles. The quantitative estimate of drug-likeness (QED) is 0.235. The van der Waals surface area contributed by atoms with Gasteiger partial charge in [-0.25, -0.2) is 4.79 Å². The second kappa shape index (κ2) is 11.1. The van der Waals surface area contributed by atoms with Crippen LogP contribution in [0.3, 0.4) is 0 Å². The average molecular weight is 467 g/mol. The number of benzene rings is 1. The Labute approximate surface area is 196 Å². The first-order chi connectivity index (χ1) is 15.0. The molecule has 6 heteroatoms. The summed E-state index contributed by atoms with van der Waals surface area (Å²) in [4.78, 5) is 11.6. The SMILES string of the molecule is CCOC(=O)/C=C(\C)C=CC=C(c1cc(C(C)(C)C)cc(C(C)(C)C)c1OCC)C(F)(F)F. The van der Waals surface area contributed by atoms with Crippen molar-refractivity contribution in [3.8, 4) is 5.75 Å². The van der Waals surface area contributed by atoms with E-state index in [0.717, 1.165) is 17.2 Å². The van der Waals surface area contributed by atoms with Crippen LogP contribution in [0.4, 0.5) is 13.2 Å². The van der Waals surface area contributed by atoms with E-state index in [-0.39, 0.29) is 29.9 Å². The summed E-state index contributed by atoms with van der Waals surface area (Å²) in [5.74, 6) is -0.292. The van der Waals surface area contributed by atoms with Crippen LogP contribution in [-0.4, -0.2) is 25.4 Å². The maximum atomic E-state index is 14.3. The zero-order valence-electron chi connectivity index (χ0n) is 21.2. The molecule has 0 amide bonds. The van der Waals surface area contributed by atoms with E-state index in [0.29, 0.717) is 5.57 Å². The first-order valence-corrected chi connectivity index (χ1v) is 11.1. The van der Waals surface area contributed by atoms with E-state index >= 15 is 0 Å². The lowest BCUT2D eigenvalue weighted by Gasteiger charge is -2.30. The first kappa shape index (κ1) is 28.5. The Morgan fingerprint density at radius 3 is 2.03 bits per heavy atom. The number of halogens is 3. The molecule has 3 nitrogen and oxygen atoms in total. The molecular weight excluding hydrogens is 429 g/mol. The van der Waals surface area contributed by atoms with Gasteiger partial charge in [0.1, 0.15) is 5.75 Å². The highest BCUT2D eigenvalue weighted by atomic mass is 19.4. The zero-order valence-corrected chi connectivity index (χ0v) is 21.2. The predicted molar refractivity (Wildman–Crippen MR) is 129 cm³/mol. The zero-order chi connectivity index (χ0) is 25.6. The van der Waals surface area contributed by atoms with Crippen LogP contribution in [0, 0.1) is 0 Å². The van der Waals surface area contributed by atoms with Gasteiger partial charge in [0, 0.05) is 17.2 Å². The number of rotatable bonds is 7. The Morgan fingerprint density at radius 1 is 0.970 bits per heavy atom. The summed E-state index contributed by atoms with van der Waals surface area (Å²) in [6, 6.07) is 3.53. The highest BCUT2D eigenvalue weighted by Crippen LogP contribution is 2.45. The molecule has 0 aliphatic heterocycles. The molecule has 1 aromatic carbocycles. The van der Waals surface area contributed by atoms with Gasteiger partial charge in [-0.1, -0.05) is 59.8 Å². The van der Waals surface area contributed by atoms with Crippen molar-refractivity contribution in [2.24, 2.45) is 0 Å². The highest BCUT2D eigenvalue weighted by molar-refractivity contribution is 5.83. The molecule has 0 atom stereocenters. The van der Waals surface area contributed by atoms with Crippen molar-refractivity contribution in [1.29, 1.82) is 0 Å². The van der Waals surface area contributed by atoms with E-state index < -0.39 is 23.1 Å². The number of esters is 1. The molecule has 184 valence electrons. The Balaban J connectivity index is 3.80. The highest BCUT2D eigenvalue weighted by Gasteiger charge is 2.38. The monoisotopic (exact) mass is 466 g/mol. The Hall–Kier alpha value is -2.50. The molecule has 0 spiro atoms. The molecule has 0 aliphatic carbocycles. The molecule has 0 saturated heterocycles. The molecule has 0 fully saturated rings. The van der Waals surface area contributed by atoms with Gasteiger partial charge in [0.25, 0.3) is 0 Å². The van der Waals surface area contributed by atoms with Gasteiger partial charge in [0.2, 0.25) is 0 Å². The third kappa shape index (κ3) is 8.41. The molecular formula is C27H37F3O3. The number of carbonyl (C=O) groups excluding carboxylic acids is 1. The standard InChI is InChI=1S/C27H37F3O3/c1-10-32-23(31)15-18(3)13-12-14-21(27(28,29)30)20-16-19(25(4,5)6)17-22(26(7,8)9)24(20)33-11-2/h12-17H,10-11H2,1-9H3/b13-12?,18-15+,21-14?. The Bertz CT molecular complexity index is 922. The smallest absolute Gasteiger partial charge is 0.417 e. The molecule has 0 N–H and O–H groups in total. The normalized spacial score (nSPS) is 14.1. The van der Waals surface area contributed by atoms with Crippen molar-refractivity contribution in [3.05, 3.63) is 58.7 Å². The number of hydrogen-bond acceptors (Lipinski definition) is 3. The number of ether oxygens (including phenoxy) is 2. The van der Waals surface area contributed by atoms with Crippen LogP contribution in [0.5, 0.6) is 5.75 Å². The van der Waals surface area contributed by atoms with Gasteiger partial charge in [0.15, 0.2) is 0 Å². The van der Waals surface area contributed by atoms with Gasteiger partial charge in [-0.3, -0.25) is 0 Å². The topological polar surface area (TPSA) is 35.5 Å². The third-order valence-electron chi connectivity index (χ3n) is 4.90. The van der Waals surface area contributed by atoms with Crippen LogP contribution in [0.15, 0.2) is 42.0 Å². The Morgan fingerprint density at radius 2 is 1.58 bits per heavy atom. The fourth-order valence-electron chi connectivity index (χ4n) is 3.17. The van der Waals surface area contributed by atoms with E-state index in [2.05, 4.69) is 0 Å². The van der Waals surface area contributed by atoms with Crippen LogP contribution >= 0.6 is 0 Å². The Kier molecular flexibility index (Phi) is 9.58. The summed E-state index contributed by atoms with van der Waals surface area (Å²) in [5.41, 5.74) is 0.431. The molecule has 0 aromatic heterocycles. The van der Waals surface area contributed by atoms with Crippen LogP contribution in [0.25, 0.3) is 5.57 Å². The minimum atomic E-state index is -4.61. The van der Waals surface area contributed by atoms with E-state index in [9.17, 15) is 18.0 Å². The van der Waals surface area contributed by atoms with Gasteiger partial charge in [-0.2, -0.15) is 13.2 Å². The molecule has 0 aliphatic rings. The maximum Gasteiger partial charge on any atom is 0.417 e. The third-order valence-corrected chi connectivity index (χ3v) is 4.90. The van der Waals surface area contributed by atoms with E-state index in [1.54, 1.807) is 26.8 Å². The number of allylic oxidation sites excluding steroid dienone is 5. The number of hydrogen-bond donors (Lipinski definition) is 0. The van der Waals surface area contributed by atoms with Crippen LogP contribution in [-0.2, 0) is 20.4 Å². The maximum absolute atomic E-state index is 14.3. The van der Waals surface area contributed by atoms with Crippen LogP contribution in [0.2, 0.25) is 0 Å². The van der Waals surface area contributed by atoms with Crippen LogP contribution in [0.1, 0.15) is 79.0 Å². The van der Waals surface area contributed by atoms with Gasteiger partial charge in [-0.05, 0) is 54.9 Å².